The Kier molecular flexibility index (Phi) is 5.75. The van der Waals surface area contributed by atoms with E-state index in [1.54, 1.807) is 18.3 Å². The molecule has 0 bridgehead atoms. The van der Waals surface area contributed by atoms with Gasteiger partial charge in [0, 0.05) is 24.2 Å². The maximum Gasteiger partial charge on any atom is 0.407 e. The van der Waals surface area contributed by atoms with Crippen molar-refractivity contribution in [3.8, 4) is 11.1 Å². The molecular formula is C24H22N2O4. The molecule has 6 nitrogen and oxygen atoms in total. The molecule has 1 heterocycles. The Morgan fingerprint density at radius 2 is 1.60 bits per heavy atom. The molecular weight excluding hydrogens is 380 g/mol. The molecule has 1 atom stereocenters. The van der Waals surface area contributed by atoms with Crippen LogP contribution < -0.4 is 5.32 Å². The standard InChI is InChI=1S/C24H22N2O4/c1-29-23(27)22(14-16-8-6-7-13-25-16)26-24(28)30-15-21-19-11-4-2-9-17(19)18-10-3-5-12-20(18)21/h2-13,21-22H,14-15H2,1H3,(H,26,28)/t22-/m0/s1. The van der Waals surface area contributed by atoms with Gasteiger partial charge in [-0.3, -0.25) is 4.98 Å². The molecule has 1 N–H and O–H groups in total. The van der Waals surface area contributed by atoms with E-state index >= 15 is 0 Å². The third-order valence-corrected chi connectivity index (χ3v) is 5.26. The highest BCUT2D eigenvalue weighted by Crippen LogP contribution is 2.44. The van der Waals surface area contributed by atoms with Crippen LogP contribution in [0.3, 0.4) is 0 Å². The smallest absolute Gasteiger partial charge is 0.407 e. The van der Waals surface area contributed by atoms with Crippen LogP contribution in [0.25, 0.3) is 11.1 Å². The summed E-state index contributed by atoms with van der Waals surface area (Å²) in [7, 11) is 1.28. The third kappa shape index (κ3) is 4.03. The first-order valence-electron chi connectivity index (χ1n) is 9.76. The molecule has 6 heteroatoms. The van der Waals surface area contributed by atoms with Gasteiger partial charge < -0.3 is 14.8 Å². The number of alkyl carbamates (subject to hydrolysis) is 1. The van der Waals surface area contributed by atoms with Crippen LogP contribution in [0.2, 0.25) is 0 Å². The van der Waals surface area contributed by atoms with Crippen molar-refractivity contribution in [2.75, 3.05) is 13.7 Å². The van der Waals surface area contributed by atoms with Gasteiger partial charge in [0.2, 0.25) is 0 Å². The fourth-order valence-electron chi connectivity index (χ4n) is 3.85. The largest absolute Gasteiger partial charge is 0.467 e. The molecule has 152 valence electrons. The van der Waals surface area contributed by atoms with Crippen molar-refractivity contribution >= 4 is 12.1 Å². The number of hydrogen-bond donors (Lipinski definition) is 1. The van der Waals surface area contributed by atoms with E-state index in [0.29, 0.717) is 5.69 Å². The average Bonchev–Trinajstić information content (AvgIpc) is 3.11. The number of carbonyl (C=O) groups excluding carboxylic acids is 2. The van der Waals surface area contributed by atoms with E-state index in [-0.39, 0.29) is 18.9 Å². The van der Waals surface area contributed by atoms with Gasteiger partial charge in [-0.25, -0.2) is 9.59 Å². The molecule has 1 aliphatic carbocycles. The van der Waals surface area contributed by atoms with E-state index in [1.807, 2.05) is 30.3 Å². The van der Waals surface area contributed by atoms with Gasteiger partial charge in [0.05, 0.1) is 7.11 Å². The molecule has 0 saturated carbocycles. The summed E-state index contributed by atoms with van der Waals surface area (Å²) < 4.78 is 10.3. The Balaban J connectivity index is 1.44. The van der Waals surface area contributed by atoms with Crippen LogP contribution in [0.15, 0.2) is 72.9 Å². The summed E-state index contributed by atoms with van der Waals surface area (Å²) in [6.45, 7) is 0.178. The van der Waals surface area contributed by atoms with Gasteiger partial charge in [-0.1, -0.05) is 54.6 Å². The normalized spacial score (nSPS) is 13.1. The molecule has 0 aliphatic heterocycles. The van der Waals surface area contributed by atoms with Crippen LogP contribution in [0, 0.1) is 0 Å². The van der Waals surface area contributed by atoms with Crippen LogP contribution in [-0.2, 0) is 20.7 Å². The number of rotatable bonds is 6. The summed E-state index contributed by atoms with van der Waals surface area (Å²) >= 11 is 0. The predicted octanol–water partition coefficient (Wildman–Crippen LogP) is 3.70. The van der Waals surface area contributed by atoms with Gasteiger partial charge in [-0.15, -0.1) is 0 Å². The maximum absolute atomic E-state index is 12.5. The van der Waals surface area contributed by atoms with Gasteiger partial charge in [0.1, 0.15) is 12.6 Å². The number of nitrogens with zero attached hydrogens (tertiary/aromatic N) is 1. The van der Waals surface area contributed by atoms with Crippen molar-refractivity contribution in [2.24, 2.45) is 0 Å². The van der Waals surface area contributed by atoms with Crippen molar-refractivity contribution in [1.82, 2.24) is 10.3 Å². The molecule has 0 unspecified atom stereocenters. The number of amides is 1. The monoisotopic (exact) mass is 402 g/mol. The molecule has 0 radical (unpaired) electrons. The number of pyridine rings is 1. The quantitative estimate of drug-likeness (QED) is 0.636. The van der Waals surface area contributed by atoms with Crippen LogP contribution in [0.4, 0.5) is 4.79 Å². The van der Waals surface area contributed by atoms with Gasteiger partial charge in [0.15, 0.2) is 0 Å². The highest BCUT2D eigenvalue weighted by atomic mass is 16.6. The molecule has 3 aromatic rings. The minimum Gasteiger partial charge on any atom is -0.467 e. The third-order valence-electron chi connectivity index (χ3n) is 5.26. The van der Waals surface area contributed by atoms with Crippen molar-refractivity contribution in [3.63, 3.8) is 0 Å². The number of hydrogen-bond acceptors (Lipinski definition) is 5. The van der Waals surface area contributed by atoms with Crippen molar-refractivity contribution < 1.29 is 19.1 Å². The first-order valence-corrected chi connectivity index (χ1v) is 9.76. The summed E-state index contributed by atoms with van der Waals surface area (Å²) in [6, 6.07) is 20.8. The Morgan fingerprint density at radius 1 is 0.967 bits per heavy atom. The number of nitrogens with one attached hydrogen (secondary N) is 1. The van der Waals surface area contributed by atoms with Gasteiger partial charge in [-0.2, -0.15) is 0 Å². The summed E-state index contributed by atoms with van der Waals surface area (Å²) in [4.78, 5) is 28.8. The van der Waals surface area contributed by atoms with Crippen molar-refractivity contribution in [2.45, 2.75) is 18.4 Å². The van der Waals surface area contributed by atoms with Crippen LogP contribution in [-0.4, -0.2) is 36.8 Å². The molecule has 1 amide bonds. The topological polar surface area (TPSA) is 77.5 Å². The number of aromatic nitrogens is 1. The van der Waals surface area contributed by atoms with Gasteiger partial charge >= 0.3 is 12.1 Å². The highest BCUT2D eigenvalue weighted by molar-refractivity contribution is 5.82. The Morgan fingerprint density at radius 3 is 2.20 bits per heavy atom. The molecule has 0 spiro atoms. The number of esters is 1. The summed E-state index contributed by atoms with van der Waals surface area (Å²) in [5.41, 5.74) is 5.25. The first-order chi connectivity index (χ1) is 14.7. The minimum atomic E-state index is -0.874. The molecule has 0 saturated heterocycles. The van der Waals surface area contributed by atoms with Crippen LogP contribution in [0.1, 0.15) is 22.7 Å². The molecule has 4 rings (SSSR count). The molecule has 0 fully saturated rings. The van der Waals surface area contributed by atoms with E-state index in [2.05, 4.69) is 34.6 Å². The second-order valence-corrected chi connectivity index (χ2v) is 7.07. The Bertz CT molecular complexity index is 1010. The molecule has 1 aromatic heterocycles. The summed E-state index contributed by atoms with van der Waals surface area (Å²) in [6.07, 6.45) is 1.19. The predicted molar refractivity (Wildman–Crippen MR) is 112 cm³/mol. The number of benzene rings is 2. The van der Waals surface area contributed by atoms with E-state index in [4.69, 9.17) is 9.47 Å². The SMILES string of the molecule is COC(=O)[C@H](Cc1ccccn1)NC(=O)OCC1c2ccccc2-c2ccccc21. The van der Waals surface area contributed by atoms with Crippen molar-refractivity contribution in [1.29, 1.82) is 0 Å². The Hall–Kier alpha value is -3.67. The molecule has 1 aliphatic rings. The van der Waals surface area contributed by atoms with Crippen LogP contribution >= 0.6 is 0 Å². The van der Waals surface area contributed by atoms with Crippen LogP contribution in [0.5, 0.6) is 0 Å². The zero-order chi connectivity index (χ0) is 20.9. The van der Waals surface area contributed by atoms with Crippen molar-refractivity contribution in [3.05, 3.63) is 89.7 Å². The number of fused-ring (bicyclic) bond motifs is 3. The van der Waals surface area contributed by atoms with Gasteiger partial charge in [-0.05, 0) is 34.4 Å². The van der Waals surface area contributed by atoms with E-state index < -0.39 is 18.1 Å². The lowest BCUT2D eigenvalue weighted by Gasteiger charge is -2.18. The lowest BCUT2D eigenvalue weighted by atomic mass is 9.98. The minimum absolute atomic E-state index is 0.0458. The fourth-order valence-corrected chi connectivity index (χ4v) is 3.85. The highest BCUT2D eigenvalue weighted by Gasteiger charge is 2.30. The van der Waals surface area contributed by atoms with E-state index in [0.717, 1.165) is 22.3 Å². The second kappa shape index (κ2) is 8.78. The lowest BCUT2D eigenvalue weighted by Crippen LogP contribution is -2.43. The average molecular weight is 402 g/mol. The lowest BCUT2D eigenvalue weighted by molar-refractivity contribution is -0.143. The number of ether oxygens (including phenoxy) is 2. The zero-order valence-corrected chi connectivity index (χ0v) is 16.6. The summed E-state index contributed by atoms with van der Waals surface area (Å²) in [5, 5.41) is 2.61. The fraction of sp³-hybridized carbons (Fsp3) is 0.208. The maximum atomic E-state index is 12.5. The molecule has 30 heavy (non-hydrogen) atoms. The Labute approximate surface area is 174 Å². The van der Waals surface area contributed by atoms with E-state index in [1.165, 1.54) is 7.11 Å². The second-order valence-electron chi connectivity index (χ2n) is 7.07. The zero-order valence-electron chi connectivity index (χ0n) is 16.6. The molecule has 2 aromatic carbocycles. The number of carbonyl (C=O) groups is 2. The number of methoxy groups -OCH3 is 1. The summed E-state index contributed by atoms with van der Waals surface area (Å²) in [5.74, 6) is -0.593. The first kappa shape index (κ1) is 19.6. The van der Waals surface area contributed by atoms with E-state index in [9.17, 15) is 9.59 Å². The van der Waals surface area contributed by atoms with Gasteiger partial charge in [0.25, 0.3) is 0 Å².